The third-order valence-electron chi connectivity index (χ3n) is 2.99. The zero-order chi connectivity index (χ0) is 12.8. The molecule has 96 valence electrons. The molecule has 1 aliphatic rings. The summed E-state index contributed by atoms with van der Waals surface area (Å²) < 4.78 is 0. The standard InChI is InChI=1S/C12H20N2O3/c1-3-13-8-9-14(12(17)11(13)16)7-5-4-6-10(2)15/h3-9H2,1-2H3. The Kier molecular flexibility index (Phi) is 5.12. The number of amides is 2. The van der Waals surface area contributed by atoms with Gasteiger partial charge >= 0.3 is 11.8 Å². The van der Waals surface area contributed by atoms with Gasteiger partial charge in [0.2, 0.25) is 0 Å². The van der Waals surface area contributed by atoms with E-state index in [1.165, 1.54) is 0 Å². The van der Waals surface area contributed by atoms with Gasteiger partial charge < -0.3 is 14.6 Å². The highest BCUT2D eigenvalue weighted by atomic mass is 16.2. The van der Waals surface area contributed by atoms with Gasteiger partial charge in [-0.3, -0.25) is 9.59 Å². The molecule has 0 saturated carbocycles. The van der Waals surface area contributed by atoms with Crippen LogP contribution in [-0.2, 0) is 14.4 Å². The maximum atomic E-state index is 11.7. The van der Waals surface area contributed by atoms with E-state index in [-0.39, 0.29) is 5.78 Å². The predicted molar refractivity (Wildman–Crippen MR) is 63.4 cm³/mol. The molecule has 17 heavy (non-hydrogen) atoms. The fourth-order valence-corrected chi connectivity index (χ4v) is 1.91. The fourth-order valence-electron chi connectivity index (χ4n) is 1.91. The summed E-state index contributed by atoms with van der Waals surface area (Å²) in [6, 6.07) is 0. The average Bonchev–Trinajstić information content (AvgIpc) is 2.29. The number of hydrogen-bond donors (Lipinski definition) is 0. The molecule has 1 fully saturated rings. The van der Waals surface area contributed by atoms with Gasteiger partial charge in [0.15, 0.2) is 0 Å². The summed E-state index contributed by atoms with van der Waals surface area (Å²) >= 11 is 0. The van der Waals surface area contributed by atoms with Crippen molar-refractivity contribution in [2.24, 2.45) is 0 Å². The summed E-state index contributed by atoms with van der Waals surface area (Å²) in [5, 5.41) is 0. The topological polar surface area (TPSA) is 57.7 Å². The van der Waals surface area contributed by atoms with Gasteiger partial charge in [0, 0.05) is 32.6 Å². The number of carbonyl (C=O) groups excluding carboxylic acids is 3. The van der Waals surface area contributed by atoms with Crippen LogP contribution >= 0.6 is 0 Å². The lowest BCUT2D eigenvalue weighted by Crippen LogP contribution is -2.54. The van der Waals surface area contributed by atoms with E-state index in [9.17, 15) is 14.4 Å². The minimum atomic E-state index is -0.402. The zero-order valence-electron chi connectivity index (χ0n) is 10.6. The largest absolute Gasteiger partial charge is 0.333 e. The molecule has 0 aromatic heterocycles. The quantitative estimate of drug-likeness (QED) is 0.500. The third kappa shape index (κ3) is 3.84. The molecule has 0 atom stereocenters. The van der Waals surface area contributed by atoms with Crippen LogP contribution in [0.4, 0.5) is 0 Å². The summed E-state index contributed by atoms with van der Waals surface area (Å²) in [6.07, 6.45) is 2.12. The van der Waals surface area contributed by atoms with E-state index in [0.29, 0.717) is 32.6 Å². The molecule has 0 aromatic carbocycles. The summed E-state index contributed by atoms with van der Waals surface area (Å²) in [4.78, 5) is 37.2. The van der Waals surface area contributed by atoms with Crippen LogP contribution in [0.3, 0.4) is 0 Å². The minimum Gasteiger partial charge on any atom is -0.333 e. The minimum absolute atomic E-state index is 0.170. The van der Waals surface area contributed by atoms with E-state index in [4.69, 9.17) is 0 Å². The monoisotopic (exact) mass is 240 g/mol. The van der Waals surface area contributed by atoms with Crippen molar-refractivity contribution >= 4 is 17.6 Å². The second-order valence-corrected chi connectivity index (χ2v) is 4.34. The van der Waals surface area contributed by atoms with Gasteiger partial charge in [-0.25, -0.2) is 0 Å². The van der Waals surface area contributed by atoms with E-state index < -0.39 is 11.8 Å². The predicted octanol–water partition coefficient (Wildman–Crippen LogP) is 0.436. The molecule has 0 spiro atoms. The van der Waals surface area contributed by atoms with Crippen molar-refractivity contribution in [3.8, 4) is 0 Å². The van der Waals surface area contributed by atoms with Gasteiger partial charge in [-0.1, -0.05) is 0 Å². The van der Waals surface area contributed by atoms with Crippen molar-refractivity contribution in [3.63, 3.8) is 0 Å². The van der Waals surface area contributed by atoms with Gasteiger partial charge in [0.05, 0.1) is 0 Å². The number of unbranched alkanes of at least 4 members (excludes halogenated alkanes) is 1. The molecule has 5 nitrogen and oxygen atoms in total. The van der Waals surface area contributed by atoms with Crippen molar-refractivity contribution in [2.45, 2.75) is 33.1 Å². The van der Waals surface area contributed by atoms with Crippen molar-refractivity contribution < 1.29 is 14.4 Å². The molecule has 0 radical (unpaired) electrons. The van der Waals surface area contributed by atoms with Gasteiger partial charge in [-0.05, 0) is 26.7 Å². The first kappa shape index (κ1) is 13.7. The van der Waals surface area contributed by atoms with Gasteiger partial charge in [0.1, 0.15) is 5.78 Å². The Morgan fingerprint density at radius 3 is 2.29 bits per heavy atom. The highest BCUT2D eigenvalue weighted by Crippen LogP contribution is 2.07. The lowest BCUT2D eigenvalue weighted by atomic mass is 10.1. The van der Waals surface area contributed by atoms with Crippen LogP contribution in [0, 0.1) is 0 Å². The molecule has 1 heterocycles. The molecule has 2 amide bonds. The lowest BCUT2D eigenvalue weighted by Gasteiger charge is -2.33. The molecule has 0 unspecified atom stereocenters. The van der Waals surface area contributed by atoms with E-state index >= 15 is 0 Å². The summed E-state index contributed by atoms with van der Waals surface area (Å²) in [5.74, 6) is -0.630. The highest BCUT2D eigenvalue weighted by Gasteiger charge is 2.30. The number of ketones is 1. The number of hydrogen-bond acceptors (Lipinski definition) is 3. The Morgan fingerprint density at radius 2 is 1.71 bits per heavy atom. The second kappa shape index (κ2) is 6.37. The lowest BCUT2D eigenvalue weighted by molar-refractivity contribution is -0.155. The second-order valence-electron chi connectivity index (χ2n) is 4.34. The van der Waals surface area contributed by atoms with Crippen LogP contribution in [0.25, 0.3) is 0 Å². The molecule has 0 aromatic rings. The first-order chi connectivity index (χ1) is 8.06. The van der Waals surface area contributed by atoms with Crippen molar-refractivity contribution in [2.75, 3.05) is 26.2 Å². The zero-order valence-corrected chi connectivity index (χ0v) is 10.6. The number of carbonyl (C=O) groups is 3. The van der Waals surface area contributed by atoms with Crippen LogP contribution in [0.2, 0.25) is 0 Å². The Hall–Kier alpha value is -1.39. The molecule has 5 heteroatoms. The smallest absolute Gasteiger partial charge is 0.312 e. The molecule has 0 bridgehead atoms. The number of Topliss-reactive ketones (excluding diaryl/α,β-unsaturated/α-hetero) is 1. The number of piperazine rings is 1. The first-order valence-corrected chi connectivity index (χ1v) is 6.14. The van der Waals surface area contributed by atoms with Crippen LogP contribution < -0.4 is 0 Å². The van der Waals surface area contributed by atoms with E-state index in [0.717, 1.165) is 12.8 Å². The number of likely N-dealkylation sites (N-methyl/N-ethyl adjacent to an activating group) is 1. The Balaban J connectivity index is 2.33. The van der Waals surface area contributed by atoms with Crippen molar-refractivity contribution in [1.82, 2.24) is 9.80 Å². The summed E-state index contributed by atoms with van der Waals surface area (Å²) in [6.45, 7) is 5.83. The van der Waals surface area contributed by atoms with E-state index in [1.807, 2.05) is 6.92 Å². The van der Waals surface area contributed by atoms with E-state index in [1.54, 1.807) is 16.7 Å². The van der Waals surface area contributed by atoms with Crippen LogP contribution in [-0.4, -0.2) is 53.6 Å². The van der Waals surface area contributed by atoms with Crippen molar-refractivity contribution in [1.29, 1.82) is 0 Å². The highest BCUT2D eigenvalue weighted by molar-refractivity contribution is 6.35. The van der Waals surface area contributed by atoms with Gasteiger partial charge in [-0.15, -0.1) is 0 Å². The van der Waals surface area contributed by atoms with Crippen LogP contribution in [0.1, 0.15) is 33.1 Å². The molecule has 1 aliphatic heterocycles. The van der Waals surface area contributed by atoms with Gasteiger partial charge in [0.25, 0.3) is 0 Å². The van der Waals surface area contributed by atoms with Crippen LogP contribution in [0.5, 0.6) is 0 Å². The van der Waals surface area contributed by atoms with Gasteiger partial charge in [-0.2, -0.15) is 0 Å². The van der Waals surface area contributed by atoms with E-state index in [2.05, 4.69) is 0 Å². The fraction of sp³-hybridized carbons (Fsp3) is 0.750. The molecular formula is C12H20N2O3. The average molecular weight is 240 g/mol. The third-order valence-corrected chi connectivity index (χ3v) is 2.99. The molecule has 1 saturated heterocycles. The normalized spacial score (nSPS) is 16.6. The molecular weight excluding hydrogens is 220 g/mol. The Bertz CT molecular complexity index is 315. The molecule has 1 rings (SSSR count). The number of rotatable bonds is 6. The Morgan fingerprint density at radius 1 is 1.12 bits per heavy atom. The summed E-state index contributed by atoms with van der Waals surface area (Å²) in [5.41, 5.74) is 0. The maximum absolute atomic E-state index is 11.7. The molecule has 0 aliphatic carbocycles. The number of nitrogens with zero attached hydrogens (tertiary/aromatic N) is 2. The SMILES string of the molecule is CCN1CCN(CCCCC(C)=O)C(=O)C1=O. The van der Waals surface area contributed by atoms with Crippen LogP contribution in [0.15, 0.2) is 0 Å². The van der Waals surface area contributed by atoms with Crippen molar-refractivity contribution in [3.05, 3.63) is 0 Å². The first-order valence-electron chi connectivity index (χ1n) is 6.14. The summed E-state index contributed by atoms with van der Waals surface area (Å²) in [7, 11) is 0. The Labute approximate surface area is 102 Å². The molecule has 0 N–H and O–H groups in total. The maximum Gasteiger partial charge on any atom is 0.312 e.